The second kappa shape index (κ2) is 5.08. The summed E-state index contributed by atoms with van der Waals surface area (Å²) < 4.78 is 0. The van der Waals surface area contributed by atoms with Crippen molar-refractivity contribution in [2.45, 2.75) is 6.54 Å². The lowest BCUT2D eigenvalue weighted by molar-refractivity contribution is 1.07. The predicted octanol–water partition coefficient (Wildman–Crippen LogP) is 2.45. The third-order valence-electron chi connectivity index (χ3n) is 2.69. The van der Waals surface area contributed by atoms with Crippen molar-refractivity contribution in [3.8, 4) is 11.1 Å². The summed E-state index contributed by atoms with van der Waals surface area (Å²) in [5.74, 6) is 0. The van der Waals surface area contributed by atoms with E-state index in [1.165, 1.54) is 0 Å². The van der Waals surface area contributed by atoms with E-state index in [0.29, 0.717) is 11.5 Å². The van der Waals surface area contributed by atoms with Gasteiger partial charge in [-0.05, 0) is 16.7 Å². The molecule has 0 fully saturated rings. The molecule has 0 unspecified atom stereocenters. The lowest BCUT2D eigenvalue weighted by atomic mass is 9.99. The van der Waals surface area contributed by atoms with Crippen LogP contribution in [0.5, 0.6) is 0 Å². The molecule has 0 radical (unpaired) electrons. The number of hydrogen-bond donors (Lipinski definition) is 2. The van der Waals surface area contributed by atoms with Crippen molar-refractivity contribution in [2.24, 2.45) is 11.5 Å². The molecule has 0 saturated heterocycles. The molecule has 3 heteroatoms. The standard InChI is InChI=1S/C14H14N2S/c15-9-10-5-7-11(8-6-10)12-3-1-2-4-13(12)14(16)17/h1-8H,9,15H2,(H2,16,17). The number of rotatable bonds is 3. The average Bonchev–Trinajstić information content (AvgIpc) is 2.39. The van der Waals surface area contributed by atoms with Gasteiger partial charge in [-0.15, -0.1) is 0 Å². The Labute approximate surface area is 106 Å². The second-order valence-electron chi connectivity index (χ2n) is 3.81. The van der Waals surface area contributed by atoms with Gasteiger partial charge in [0.1, 0.15) is 4.99 Å². The van der Waals surface area contributed by atoms with E-state index in [4.69, 9.17) is 23.7 Å². The maximum atomic E-state index is 5.72. The minimum atomic E-state index is 0.420. The minimum Gasteiger partial charge on any atom is -0.389 e. The number of benzene rings is 2. The monoisotopic (exact) mass is 242 g/mol. The Balaban J connectivity index is 2.48. The summed E-state index contributed by atoms with van der Waals surface area (Å²) in [6, 6.07) is 16.0. The van der Waals surface area contributed by atoms with Crippen molar-refractivity contribution in [3.63, 3.8) is 0 Å². The lowest BCUT2D eigenvalue weighted by Crippen LogP contribution is -2.10. The highest BCUT2D eigenvalue weighted by Crippen LogP contribution is 2.23. The Kier molecular flexibility index (Phi) is 3.52. The Bertz CT molecular complexity index is 532. The van der Waals surface area contributed by atoms with Gasteiger partial charge in [-0.2, -0.15) is 0 Å². The van der Waals surface area contributed by atoms with Gasteiger partial charge in [-0.3, -0.25) is 0 Å². The molecule has 0 aromatic heterocycles. The van der Waals surface area contributed by atoms with Gasteiger partial charge in [0, 0.05) is 12.1 Å². The highest BCUT2D eigenvalue weighted by Gasteiger charge is 2.06. The Morgan fingerprint density at radius 2 is 1.65 bits per heavy atom. The summed E-state index contributed by atoms with van der Waals surface area (Å²) in [6.45, 7) is 0.553. The van der Waals surface area contributed by atoms with Gasteiger partial charge < -0.3 is 11.5 Å². The van der Waals surface area contributed by atoms with Crippen molar-refractivity contribution >= 4 is 17.2 Å². The summed E-state index contributed by atoms with van der Waals surface area (Å²) in [5.41, 5.74) is 15.5. The van der Waals surface area contributed by atoms with Gasteiger partial charge in [0.05, 0.1) is 0 Å². The van der Waals surface area contributed by atoms with Crippen LogP contribution in [0.2, 0.25) is 0 Å². The van der Waals surface area contributed by atoms with Crippen LogP contribution in [-0.4, -0.2) is 4.99 Å². The fraction of sp³-hybridized carbons (Fsp3) is 0.0714. The Morgan fingerprint density at radius 1 is 1.00 bits per heavy atom. The van der Waals surface area contributed by atoms with Gasteiger partial charge in [-0.1, -0.05) is 60.7 Å². The fourth-order valence-electron chi connectivity index (χ4n) is 1.77. The first-order valence-electron chi connectivity index (χ1n) is 5.40. The van der Waals surface area contributed by atoms with Crippen LogP contribution in [-0.2, 0) is 6.54 Å². The predicted molar refractivity (Wildman–Crippen MR) is 75.7 cm³/mol. The Hall–Kier alpha value is -1.71. The van der Waals surface area contributed by atoms with Gasteiger partial charge in [0.15, 0.2) is 0 Å². The summed E-state index contributed by atoms with van der Waals surface area (Å²) in [7, 11) is 0. The van der Waals surface area contributed by atoms with E-state index >= 15 is 0 Å². The van der Waals surface area contributed by atoms with E-state index in [1.54, 1.807) is 0 Å². The third kappa shape index (κ3) is 2.52. The molecule has 0 atom stereocenters. The summed E-state index contributed by atoms with van der Waals surface area (Å²) in [4.78, 5) is 0.420. The van der Waals surface area contributed by atoms with Gasteiger partial charge in [0.25, 0.3) is 0 Å². The van der Waals surface area contributed by atoms with E-state index in [9.17, 15) is 0 Å². The molecule has 2 nitrogen and oxygen atoms in total. The SMILES string of the molecule is NCc1ccc(-c2ccccc2C(N)=S)cc1. The van der Waals surface area contributed by atoms with E-state index in [-0.39, 0.29) is 0 Å². The molecule has 17 heavy (non-hydrogen) atoms. The van der Waals surface area contributed by atoms with E-state index in [2.05, 4.69) is 0 Å². The smallest absolute Gasteiger partial charge is 0.104 e. The molecule has 0 aliphatic carbocycles. The van der Waals surface area contributed by atoms with Gasteiger partial charge >= 0.3 is 0 Å². The molecule has 86 valence electrons. The molecule has 0 aliphatic rings. The van der Waals surface area contributed by atoms with E-state index < -0.39 is 0 Å². The summed E-state index contributed by atoms with van der Waals surface area (Å²) in [6.07, 6.45) is 0. The van der Waals surface area contributed by atoms with Crippen molar-refractivity contribution < 1.29 is 0 Å². The normalized spacial score (nSPS) is 10.2. The van der Waals surface area contributed by atoms with Crippen molar-refractivity contribution in [3.05, 3.63) is 59.7 Å². The molecular formula is C14H14N2S. The fourth-order valence-corrected chi connectivity index (χ4v) is 1.95. The number of nitrogens with two attached hydrogens (primary N) is 2. The van der Waals surface area contributed by atoms with Crippen LogP contribution in [0, 0.1) is 0 Å². The van der Waals surface area contributed by atoms with Crippen LogP contribution < -0.4 is 11.5 Å². The maximum Gasteiger partial charge on any atom is 0.104 e. The molecule has 0 saturated carbocycles. The molecule has 0 aliphatic heterocycles. The zero-order valence-electron chi connectivity index (χ0n) is 9.39. The van der Waals surface area contributed by atoms with Crippen molar-refractivity contribution in [1.29, 1.82) is 0 Å². The first-order chi connectivity index (χ1) is 8.22. The number of thiocarbonyl (C=S) groups is 1. The van der Waals surface area contributed by atoms with Crippen LogP contribution in [0.15, 0.2) is 48.5 Å². The molecule has 2 aromatic carbocycles. The molecule has 2 rings (SSSR count). The van der Waals surface area contributed by atoms with Gasteiger partial charge in [0.2, 0.25) is 0 Å². The molecule has 0 spiro atoms. The van der Waals surface area contributed by atoms with Crippen LogP contribution in [0.25, 0.3) is 11.1 Å². The third-order valence-corrected chi connectivity index (χ3v) is 2.91. The topological polar surface area (TPSA) is 52.0 Å². The molecular weight excluding hydrogens is 228 g/mol. The van der Waals surface area contributed by atoms with Gasteiger partial charge in [-0.25, -0.2) is 0 Å². The molecule has 4 N–H and O–H groups in total. The maximum absolute atomic E-state index is 5.72. The highest BCUT2D eigenvalue weighted by atomic mass is 32.1. The highest BCUT2D eigenvalue weighted by molar-refractivity contribution is 7.80. The van der Waals surface area contributed by atoms with Crippen molar-refractivity contribution in [2.75, 3.05) is 0 Å². The lowest BCUT2D eigenvalue weighted by Gasteiger charge is -2.08. The number of hydrogen-bond acceptors (Lipinski definition) is 2. The first-order valence-corrected chi connectivity index (χ1v) is 5.81. The zero-order chi connectivity index (χ0) is 12.3. The first kappa shape index (κ1) is 11.8. The summed E-state index contributed by atoms with van der Waals surface area (Å²) >= 11 is 5.06. The minimum absolute atomic E-state index is 0.420. The van der Waals surface area contributed by atoms with Crippen LogP contribution in [0.1, 0.15) is 11.1 Å². The molecule has 0 heterocycles. The van der Waals surface area contributed by atoms with Crippen LogP contribution in [0.4, 0.5) is 0 Å². The summed E-state index contributed by atoms with van der Waals surface area (Å²) in [5, 5.41) is 0. The molecule has 2 aromatic rings. The van der Waals surface area contributed by atoms with E-state index in [1.807, 2.05) is 48.5 Å². The quantitative estimate of drug-likeness (QED) is 0.813. The largest absolute Gasteiger partial charge is 0.389 e. The molecule has 0 amide bonds. The molecule has 0 bridgehead atoms. The van der Waals surface area contributed by atoms with Crippen LogP contribution >= 0.6 is 12.2 Å². The van der Waals surface area contributed by atoms with E-state index in [0.717, 1.165) is 22.3 Å². The second-order valence-corrected chi connectivity index (χ2v) is 4.25. The van der Waals surface area contributed by atoms with Crippen molar-refractivity contribution in [1.82, 2.24) is 0 Å². The Morgan fingerprint density at radius 3 is 2.24 bits per heavy atom. The zero-order valence-corrected chi connectivity index (χ0v) is 10.2. The average molecular weight is 242 g/mol. The van der Waals surface area contributed by atoms with Crippen LogP contribution in [0.3, 0.4) is 0 Å².